The number of hydrogen-bond acceptors (Lipinski definition) is 2. The maximum absolute atomic E-state index is 4.66. The van der Waals surface area contributed by atoms with E-state index in [1.165, 1.54) is 31.2 Å². The first kappa shape index (κ1) is 19.8. The Morgan fingerprint density at radius 3 is 2.56 bits per heavy atom. The van der Waals surface area contributed by atoms with E-state index in [-0.39, 0.29) is 29.4 Å². The van der Waals surface area contributed by atoms with Gasteiger partial charge in [0.15, 0.2) is 5.96 Å². The predicted octanol–water partition coefficient (Wildman–Crippen LogP) is 3.59. The van der Waals surface area contributed by atoms with Crippen molar-refractivity contribution in [2.45, 2.75) is 44.6 Å². The Labute approximate surface area is 167 Å². The predicted molar refractivity (Wildman–Crippen MR) is 113 cm³/mol. The Hall–Kier alpha value is -1.57. The van der Waals surface area contributed by atoms with Crippen molar-refractivity contribution < 1.29 is 0 Å². The van der Waals surface area contributed by atoms with E-state index in [4.69, 9.17) is 0 Å². The second kappa shape index (κ2) is 9.79. The van der Waals surface area contributed by atoms with Gasteiger partial charge in [-0.25, -0.2) is 4.99 Å². The molecule has 5 nitrogen and oxygen atoms in total. The van der Waals surface area contributed by atoms with Gasteiger partial charge in [-0.05, 0) is 31.4 Å². The number of rotatable bonds is 6. The number of benzene rings is 1. The third-order valence-corrected chi connectivity index (χ3v) is 4.85. The summed E-state index contributed by atoms with van der Waals surface area (Å²) in [6.07, 6.45) is 6.85. The summed E-state index contributed by atoms with van der Waals surface area (Å²) in [6, 6.07) is 12.9. The van der Waals surface area contributed by atoms with Crippen LogP contribution >= 0.6 is 24.0 Å². The fourth-order valence-electron chi connectivity index (χ4n) is 3.54. The smallest absolute Gasteiger partial charge is 0.191 e. The van der Waals surface area contributed by atoms with E-state index < -0.39 is 0 Å². The van der Waals surface area contributed by atoms with Crippen molar-refractivity contribution in [3.05, 3.63) is 53.9 Å². The molecule has 136 valence electrons. The molecule has 2 aromatic rings. The highest BCUT2D eigenvalue weighted by molar-refractivity contribution is 14.0. The van der Waals surface area contributed by atoms with Crippen LogP contribution in [0.5, 0.6) is 0 Å². The summed E-state index contributed by atoms with van der Waals surface area (Å²) < 4.78 is 0. The van der Waals surface area contributed by atoms with Crippen LogP contribution in [0.25, 0.3) is 0 Å². The summed E-state index contributed by atoms with van der Waals surface area (Å²) in [7, 11) is 0. The summed E-state index contributed by atoms with van der Waals surface area (Å²) in [5, 5.41) is 13.8. The average molecular weight is 453 g/mol. The minimum absolute atomic E-state index is 0. The SMILES string of the molecule is CCNC(=NCc1ccn[nH]1)NCC1(c2ccccc2)CCCC1.I. The Morgan fingerprint density at radius 1 is 1.16 bits per heavy atom. The third-order valence-electron chi connectivity index (χ3n) is 4.85. The fraction of sp³-hybridized carbons (Fsp3) is 0.474. The number of nitrogens with one attached hydrogen (secondary N) is 3. The lowest BCUT2D eigenvalue weighted by Crippen LogP contribution is -2.44. The number of guanidine groups is 1. The van der Waals surface area contributed by atoms with Crippen LogP contribution in [0.3, 0.4) is 0 Å². The molecule has 1 aromatic heterocycles. The van der Waals surface area contributed by atoms with Crippen molar-refractivity contribution in [1.82, 2.24) is 20.8 Å². The van der Waals surface area contributed by atoms with Gasteiger partial charge in [0.2, 0.25) is 0 Å². The van der Waals surface area contributed by atoms with Gasteiger partial charge in [-0.15, -0.1) is 24.0 Å². The zero-order valence-electron chi connectivity index (χ0n) is 14.8. The monoisotopic (exact) mass is 453 g/mol. The molecule has 6 heteroatoms. The van der Waals surface area contributed by atoms with E-state index in [0.717, 1.165) is 24.7 Å². The van der Waals surface area contributed by atoms with Gasteiger partial charge in [0.1, 0.15) is 0 Å². The van der Waals surface area contributed by atoms with Crippen LogP contribution in [0.2, 0.25) is 0 Å². The first-order valence-corrected chi connectivity index (χ1v) is 8.88. The molecular weight excluding hydrogens is 425 g/mol. The van der Waals surface area contributed by atoms with E-state index in [1.807, 2.05) is 6.07 Å². The van der Waals surface area contributed by atoms with Crippen molar-refractivity contribution in [3.8, 4) is 0 Å². The highest BCUT2D eigenvalue weighted by Gasteiger charge is 2.35. The minimum atomic E-state index is 0. The lowest BCUT2D eigenvalue weighted by atomic mass is 9.79. The molecule has 0 spiro atoms. The number of aromatic nitrogens is 2. The molecule has 1 fully saturated rings. The van der Waals surface area contributed by atoms with Crippen LogP contribution in [0.1, 0.15) is 43.9 Å². The van der Waals surface area contributed by atoms with E-state index in [0.29, 0.717) is 6.54 Å². The molecule has 3 N–H and O–H groups in total. The van der Waals surface area contributed by atoms with Gasteiger partial charge in [-0.1, -0.05) is 43.2 Å². The molecule has 3 rings (SSSR count). The van der Waals surface area contributed by atoms with Crippen molar-refractivity contribution in [2.24, 2.45) is 4.99 Å². The summed E-state index contributed by atoms with van der Waals surface area (Å²) in [6.45, 7) is 4.47. The summed E-state index contributed by atoms with van der Waals surface area (Å²) in [5.41, 5.74) is 2.69. The van der Waals surface area contributed by atoms with Crippen molar-refractivity contribution in [2.75, 3.05) is 13.1 Å². The minimum Gasteiger partial charge on any atom is -0.357 e. The quantitative estimate of drug-likeness (QED) is 0.356. The van der Waals surface area contributed by atoms with E-state index in [9.17, 15) is 0 Å². The van der Waals surface area contributed by atoms with Gasteiger partial charge in [-0.2, -0.15) is 5.10 Å². The van der Waals surface area contributed by atoms with Crippen molar-refractivity contribution in [3.63, 3.8) is 0 Å². The topological polar surface area (TPSA) is 65.1 Å². The lowest BCUT2D eigenvalue weighted by Gasteiger charge is -2.30. The van der Waals surface area contributed by atoms with E-state index in [2.05, 4.69) is 63.1 Å². The molecule has 1 aromatic carbocycles. The number of halogens is 1. The van der Waals surface area contributed by atoms with E-state index >= 15 is 0 Å². The van der Waals surface area contributed by atoms with Gasteiger partial charge in [-0.3, -0.25) is 5.10 Å². The van der Waals surface area contributed by atoms with Gasteiger partial charge in [0.25, 0.3) is 0 Å². The Bertz CT molecular complexity index is 633. The Kier molecular flexibility index (Phi) is 7.74. The second-order valence-electron chi connectivity index (χ2n) is 6.48. The number of aromatic amines is 1. The van der Waals surface area contributed by atoms with Crippen LogP contribution in [0.4, 0.5) is 0 Å². The van der Waals surface area contributed by atoms with Gasteiger partial charge in [0, 0.05) is 24.7 Å². The standard InChI is InChI=1S/C19H27N5.HI/c1-2-20-18(21-14-17-10-13-23-24-17)22-15-19(11-6-7-12-19)16-8-4-3-5-9-16;/h3-5,8-10,13H,2,6-7,11-12,14-15H2,1H3,(H,23,24)(H2,20,21,22);1H. The number of H-pyrrole nitrogens is 1. The van der Waals surface area contributed by atoms with Crippen LogP contribution in [-0.4, -0.2) is 29.2 Å². The third kappa shape index (κ3) is 5.20. The molecule has 1 aliphatic carbocycles. The Balaban J connectivity index is 0.00000225. The number of hydrogen-bond donors (Lipinski definition) is 3. The molecule has 0 unspecified atom stereocenters. The molecule has 1 aliphatic rings. The summed E-state index contributed by atoms with van der Waals surface area (Å²) in [4.78, 5) is 4.66. The zero-order chi connectivity index (χ0) is 16.7. The first-order chi connectivity index (χ1) is 11.8. The zero-order valence-corrected chi connectivity index (χ0v) is 17.1. The van der Waals surface area contributed by atoms with Crippen LogP contribution in [0, 0.1) is 0 Å². The molecule has 0 radical (unpaired) electrons. The lowest BCUT2D eigenvalue weighted by molar-refractivity contribution is 0.431. The molecule has 1 heterocycles. The molecule has 0 bridgehead atoms. The molecular formula is C19H28IN5. The normalized spacial score (nSPS) is 16.3. The van der Waals surface area contributed by atoms with Gasteiger partial charge in [0.05, 0.1) is 12.2 Å². The Morgan fingerprint density at radius 2 is 1.92 bits per heavy atom. The average Bonchev–Trinajstić information content (AvgIpc) is 3.31. The number of nitrogens with zero attached hydrogens (tertiary/aromatic N) is 2. The maximum atomic E-state index is 4.66. The van der Waals surface area contributed by atoms with Crippen molar-refractivity contribution in [1.29, 1.82) is 0 Å². The number of aliphatic imine (C=N–C) groups is 1. The fourth-order valence-corrected chi connectivity index (χ4v) is 3.54. The maximum Gasteiger partial charge on any atom is 0.191 e. The van der Waals surface area contributed by atoms with Gasteiger partial charge >= 0.3 is 0 Å². The van der Waals surface area contributed by atoms with Gasteiger partial charge < -0.3 is 10.6 Å². The molecule has 25 heavy (non-hydrogen) atoms. The molecule has 0 amide bonds. The highest BCUT2D eigenvalue weighted by atomic mass is 127. The van der Waals surface area contributed by atoms with Crippen LogP contribution in [0.15, 0.2) is 47.6 Å². The van der Waals surface area contributed by atoms with E-state index in [1.54, 1.807) is 6.20 Å². The molecule has 0 saturated heterocycles. The molecule has 0 atom stereocenters. The van der Waals surface area contributed by atoms with Crippen molar-refractivity contribution >= 4 is 29.9 Å². The highest BCUT2D eigenvalue weighted by Crippen LogP contribution is 2.40. The summed E-state index contributed by atoms with van der Waals surface area (Å²) >= 11 is 0. The molecule has 0 aliphatic heterocycles. The van der Waals surface area contributed by atoms with Crippen LogP contribution in [-0.2, 0) is 12.0 Å². The second-order valence-corrected chi connectivity index (χ2v) is 6.48. The first-order valence-electron chi connectivity index (χ1n) is 8.88. The van der Waals surface area contributed by atoms with Crippen LogP contribution < -0.4 is 10.6 Å². The largest absolute Gasteiger partial charge is 0.357 e. The summed E-state index contributed by atoms with van der Waals surface area (Å²) in [5.74, 6) is 0.870. The molecule has 1 saturated carbocycles.